The van der Waals surface area contributed by atoms with Gasteiger partial charge in [-0.3, -0.25) is 9.59 Å². The van der Waals surface area contributed by atoms with E-state index in [-0.39, 0.29) is 23.3 Å². The quantitative estimate of drug-likeness (QED) is 0.751. The lowest BCUT2D eigenvalue weighted by Crippen LogP contribution is -2.33. The summed E-state index contributed by atoms with van der Waals surface area (Å²) >= 11 is 0. The van der Waals surface area contributed by atoms with Gasteiger partial charge < -0.3 is 21.1 Å². The molecule has 1 aromatic carbocycles. The number of aromatic nitrogens is 2. The van der Waals surface area contributed by atoms with Crippen molar-refractivity contribution in [1.29, 1.82) is 0 Å². The first-order valence-electron chi connectivity index (χ1n) is 9.69. The van der Waals surface area contributed by atoms with E-state index >= 15 is 0 Å². The Morgan fingerprint density at radius 1 is 1.21 bits per heavy atom. The Morgan fingerprint density at radius 3 is 2.34 bits per heavy atom. The maximum absolute atomic E-state index is 12.1. The summed E-state index contributed by atoms with van der Waals surface area (Å²) in [6.45, 7) is 4.89. The number of primary amides is 1. The van der Waals surface area contributed by atoms with E-state index in [2.05, 4.69) is 11.7 Å². The van der Waals surface area contributed by atoms with Crippen LogP contribution in [0.2, 0.25) is 0 Å². The third-order valence-electron chi connectivity index (χ3n) is 5.32. The van der Waals surface area contributed by atoms with E-state index in [1.807, 2.05) is 17.0 Å². The Hall–Kier alpha value is -3.29. The first-order valence-corrected chi connectivity index (χ1v) is 9.69. The van der Waals surface area contributed by atoms with Gasteiger partial charge >= 0.3 is 0 Å². The minimum Gasteiger partial charge on any atom is -0.497 e. The number of carbonyl (C=O) groups excluding carboxylic acids is 2. The number of nitrogens with zero attached hydrogens (tertiary/aromatic N) is 3. The molecule has 2 amide bonds. The van der Waals surface area contributed by atoms with Crippen molar-refractivity contribution in [2.45, 2.75) is 31.7 Å². The number of hydrogen-bond acceptors (Lipinski definition) is 5. The van der Waals surface area contributed by atoms with Crippen LogP contribution in [0.4, 0.5) is 5.82 Å². The molecule has 0 saturated carbocycles. The van der Waals surface area contributed by atoms with Gasteiger partial charge in [-0.05, 0) is 56.0 Å². The molecule has 2 heterocycles. The number of methoxy groups -OCH3 is 1. The predicted molar refractivity (Wildman–Crippen MR) is 111 cm³/mol. The smallest absolute Gasteiger partial charge is 0.254 e. The van der Waals surface area contributed by atoms with E-state index in [1.165, 1.54) is 6.08 Å². The van der Waals surface area contributed by atoms with E-state index in [1.54, 1.807) is 23.9 Å². The Labute approximate surface area is 170 Å². The first-order chi connectivity index (χ1) is 14.0. The number of amides is 2. The summed E-state index contributed by atoms with van der Waals surface area (Å²) in [5.41, 5.74) is 13.4. The molecular formula is C21H27N5O3. The third-order valence-corrected chi connectivity index (χ3v) is 5.32. The van der Waals surface area contributed by atoms with Gasteiger partial charge in [0.15, 0.2) is 0 Å². The van der Waals surface area contributed by atoms with Crippen molar-refractivity contribution in [3.05, 3.63) is 42.5 Å². The van der Waals surface area contributed by atoms with Gasteiger partial charge in [0.1, 0.15) is 22.8 Å². The van der Waals surface area contributed by atoms with Gasteiger partial charge in [-0.1, -0.05) is 6.58 Å². The number of hydrogen-bond donors (Lipinski definition) is 2. The van der Waals surface area contributed by atoms with Gasteiger partial charge in [-0.25, -0.2) is 4.68 Å². The molecule has 4 N–H and O–H groups in total. The van der Waals surface area contributed by atoms with Crippen molar-refractivity contribution >= 4 is 17.6 Å². The minimum atomic E-state index is -0.604. The molecule has 29 heavy (non-hydrogen) atoms. The topological polar surface area (TPSA) is 116 Å². The molecule has 0 bridgehead atoms. The maximum atomic E-state index is 12.1. The van der Waals surface area contributed by atoms with E-state index in [4.69, 9.17) is 16.2 Å². The molecule has 0 radical (unpaired) electrons. The zero-order valence-electron chi connectivity index (χ0n) is 16.6. The van der Waals surface area contributed by atoms with Crippen LogP contribution in [0.3, 0.4) is 0 Å². The Bertz CT molecular complexity index is 894. The highest BCUT2D eigenvalue weighted by Gasteiger charge is 2.26. The largest absolute Gasteiger partial charge is 0.497 e. The van der Waals surface area contributed by atoms with Crippen LogP contribution in [0.15, 0.2) is 36.9 Å². The average Bonchev–Trinajstić information content (AvgIpc) is 3.05. The van der Waals surface area contributed by atoms with Crippen LogP contribution in [0.25, 0.3) is 11.3 Å². The molecule has 8 nitrogen and oxygen atoms in total. The molecule has 1 aliphatic heterocycles. The molecule has 8 heteroatoms. The van der Waals surface area contributed by atoms with Gasteiger partial charge in [0, 0.05) is 18.7 Å². The summed E-state index contributed by atoms with van der Waals surface area (Å²) in [5.74, 6) is 0.348. The van der Waals surface area contributed by atoms with E-state index < -0.39 is 5.91 Å². The van der Waals surface area contributed by atoms with Crippen LogP contribution in [-0.2, 0) is 4.79 Å². The van der Waals surface area contributed by atoms with Crippen LogP contribution in [0, 0.1) is 0 Å². The molecule has 1 fully saturated rings. The standard InChI is InChI=1S/C21H27N5O3/c1-3-17(27)25-12-4-6-15(7-5-13-25)26-20(22)18(21(23)28)19(24-26)14-8-10-16(29-2)11-9-14/h3,8-11,15H,1,4-7,12-13,22H2,2H3,(H2,23,28). The average molecular weight is 397 g/mol. The Morgan fingerprint density at radius 2 is 1.83 bits per heavy atom. The van der Waals surface area contributed by atoms with Crippen LogP contribution in [0.1, 0.15) is 42.1 Å². The van der Waals surface area contributed by atoms with Gasteiger partial charge in [0.2, 0.25) is 5.91 Å². The van der Waals surface area contributed by atoms with E-state index in [0.717, 1.165) is 31.2 Å². The molecule has 0 aliphatic carbocycles. The van der Waals surface area contributed by atoms with E-state index in [9.17, 15) is 9.59 Å². The number of benzene rings is 1. The lowest BCUT2D eigenvalue weighted by atomic mass is 10.0. The fourth-order valence-corrected chi connectivity index (χ4v) is 3.81. The second-order valence-electron chi connectivity index (χ2n) is 7.11. The highest BCUT2D eigenvalue weighted by Crippen LogP contribution is 2.33. The molecule has 154 valence electrons. The minimum absolute atomic E-state index is 0.0418. The number of nitrogen functional groups attached to an aromatic ring is 1. The lowest BCUT2D eigenvalue weighted by Gasteiger charge is -2.27. The number of anilines is 1. The van der Waals surface area contributed by atoms with Crippen molar-refractivity contribution in [3.8, 4) is 17.0 Å². The number of rotatable bonds is 5. The fraction of sp³-hybridized carbons (Fsp3) is 0.381. The van der Waals surface area contributed by atoms with Gasteiger partial charge in [-0.2, -0.15) is 5.10 Å². The highest BCUT2D eigenvalue weighted by molar-refractivity contribution is 6.03. The molecule has 0 spiro atoms. The summed E-state index contributed by atoms with van der Waals surface area (Å²) in [7, 11) is 1.59. The Kier molecular flexibility index (Phi) is 6.21. The molecule has 1 aliphatic rings. The lowest BCUT2D eigenvalue weighted by molar-refractivity contribution is -0.126. The number of likely N-dealkylation sites (tertiary alicyclic amines) is 1. The van der Waals surface area contributed by atoms with E-state index in [0.29, 0.717) is 24.5 Å². The summed E-state index contributed by atoms with van der Waals surface area (Å²) in [5, 5.41) is 4.68. The van der Waals surface area contributed by atoms with Crippen molar-refractivity contribution in [2.75, 3.05) is 25.9 Å². The maximum Gasteiger partial charge on any atom is 0.254 e. The van der Waals surface area contributed by atoms with Crippen molar-refractivity contribution < 1.29 is 14.3 Å². The summed E-state index contributed by atoms with van der Waals surface area (Å²) in [4.78, 5) is 25.8. The van der Waals surface area contributed by atoms with Gasteiger partial charge in [0.05, 0.1) is 13.2 Å². The number of nitrogens with two attached hydrogens (primary N) is 2. The first kappa shape index (κ1) is 20.4. The zero-order chi connectivity index (χ0) is 21.0. The SMILES string of the molecule is C=CC(=O)N1CCCC(n2nc(-c3ccc(OC)cc3)c(C(N)=O)c2N)CCC1. The molecular weight excluding hydrogens is 370 g/mol. The van der Waals surface area contributed by atoms with Crippen molar-refractivity contribution in [3.63, 3.8) is 0 Å². The number of carbonyl (C=O) groups is 2. The highest BCUT2D eigenvalue weighted by atomic mass is 16.5. The zero-order valence-corrected chi connectivity index (χ0v) is 16.6. The van der Waals surface area contributed by atoms with Gasteiger partial charge in [0.25, 0.3) is 5.91 Å². The second-order valence-corrected chi connectivity index (χ2v) is 7.11. The van der Waals surface area contributed by atoms with Crippen molar-refractivity contribution in [1.82, 2.24) is 14.7 Å². The van der Waals surface area contributed by atoms with Crippen LogP contribution >= 0.6 is 0 Å². The molecule has 0 unspecified atom stereocenters. The van der Waals surface area contributed by atoms with Crippen molar-refractivity contribution in [2.24, 2.45) is 5.73 Å². The van der Waals surface area contributed by atoms with Crippen LogP contribution < -0.4 is 16.2 Å². The summed E-state index contributed by atoms with van der Waals surface area (Å²) < 4.78 is 6.92. The van der Waals surface area contributed by atoms with Crippen LogP contribution in [-0.4, -0.2) is 46.7 Å². The van der Waals surface area contributed by atoms with Gasteiger partial charge in [-0.15, -0.1) is 0 Å². The Balaban J connectivity index is 1.89. The van der Waals surface area contributed by atoms with Crippen LogP contribution in [0.5, 0.6) is 5.75 Å². The second kappa shape index (κ2) is 8.81. The summed E-state index contributed by atoms with van der Waals surface area (Å²) in [6.07, 6.45) is 4.58. The summed E-state index contributed by atoms with van der Waals surface area (Å²) in [6, 6.07) is 7.30. The molecule has 3 rings (SSSR count). The number of ether oxygens (including phenoxy) is 1. The third kappa shape index (κ3) is 4.26. The molecule has 1 aromatic heterocycles. The molecule has 0 atom stereocenters. The predicted octanol–water partition coefficient (Wildman–Crippen LogP) is 2.37. The fourth-order valence-electron chi connectivity index (χ4n) is 3.81. The normalized spacial score (nSPS) is 15.4. The monoisotopic (exact) mass is 397 g/mol. The molecule has 2 aromatic rings. The molecule has 1 saturated heterocycles.